The van der Waals surface area contributed by atoms with Gasteiger partial charge in [-0.3, -0.25) is 0 Å². The third kappa shape index (κ3) is 2.77. The largest absolute Gasteiger partial charge is 0.394 e. The molecule has 18 heavy (non-hydrogen) atoms. The molecule has 0 fully saturated rings. The number of rotatable bonds is 6. The molecule has 0 aromatic carbocycles. The van der Waals surface area contributed by atoms with Gasteiger partial charge in [0.2, 0.25) is 0 Å². The Morgan fingerprint density at radius 3 is 2.94 bits per heavy atom. The fourth-order valence-electron chi connectivity index (χ4n) is 1.72. The first-order valence-corrected chi connectivity index (χ1v) is 6.69. The molecule has 0 saturated heterocycles. The lowest BCUT2D eigenvalue weighted by Crippen LogP contribution is -2.12. The highest BCUT2D eigenvalue weighted by molar-refractivity contribution is 7.18. The van der Waals surface area contributed by atoms with Crippen molar-refractivity contribution < 1.29 is 9.84 Å². The predicted octanol–water partition coefficient (Wildman–Crippen LogP) is 1.73. The number of anilines is 1. The van der Waals surface area contributed by atoms with Gasteiger partial charge in [-0.1, -0.05) is 0 Å². The van der Waals surface area contributed by atoms with E-state index in [1.54, 1.807) is 17.7 Å². The van der Waals surface area contributed by atoms with E-state index in [-0.39, 0.29) is 6.61 Å². The maximum Gasteiger partial charge on any atom is 0.138 e. The Kier molecular flexibility index (Phi) is 4.46. The molecule has 0 atom stereocenters. The molecule has 0 saturated carbocycles. The monoisotopic (exact) mass is 267 g/mol. The fourth-order valence-corrected chi connectivity index (χ4v) is 2.72. The van der Waals surface area contributed by atoms with Crippen molar-refractivity contribution in [3.05, 3.63) is 16.8 Å². The lowest BCUT2D eigenvalue weighted by molar-refractivity contribution is 0.0992. The minimum atomic E-state index is 0.0561. The van der Waals surface area contributed by atoms with Gasteiger partial charge in [0.15, 0.2) is 0 Å². The van der Waals surface area contributed by atoms with Crippen LogP contribution in [-0.2, 0) is 4.74 Å². The van der Waals surface area contributed by atoms with Crippen LogP contribution >= 0.6 is 11.3 Å². The first-order chi connectivity index (χ1) is 8.74. The minimum absolute atomic E-state index is 0.0561. The van der Waals surface area contributed by atoms with Crippen LogP contribution in [0.2, 0.25) is 0 Å². The average molecular weight is 267 g/mol. The highest BCUT2D eigenvalue weighted by Gasteiger charge is 2.11. The molecule has 0 radical (unpaired) electrons. The lowest BCUT2D eigenvalue weighted by Gasteiger charge is -2.07. The van der Waals surface area contributed by atoms with E-state index in [0.29, 0.717) is 19.8 Å². The quantitative estimate of drug-likeness (QED) is 0.780. The third-order valence-electron chi connectivity index (χ3n) is 2.74. The molecule has 0 spiro atoms. The molecular weight excluding hydrogens is 250 g/mol. The Balaban J connectivity index is 2.08. The van der Waals surface area contributed by atoms with Crippen molar-refractivity contribution in [1.82, 2.24) is 9.97 Å². The molecule has 0 aliphatic carbocycles. The highest BCUT2D eigenvalue weighted by atomic mass is 32.1. The van der Waals surface area contributed by atoms with Gasteiger partial charge in [0.25, 0.3) is 0 Å². The summed E-state index contributed by atoms with van der Waals surface area (Å²) < 4.78 is 5.20. The van der Waals surface area contributed by atoms with E-state index < -0.39 is 0 Å². The summed E-state index contributed by atoms with van der Waals surface area (Å²) in [5.41, 5.74) is 1.23. The Bertz CT molecular complexity index is 527. The molecule has 0 unspecified atom stereocenters. The van der Waals surface area contributed by atoms with E-state index in [1.165, 1.54) is 10.4 Å². The number of hydrogen-bond donors (Lipinski definition) is 2. The number of fused-ring (bicyclic) bond motifs is 1. The summed E-state index contributed by atoms with van der Waals surface area (Å²) >= 11 is 1.68. The summed E-state index contributed by atoms with van der Waals surface area (Å²) in [7, 11) is 0. The summed E-state index contributed by atoms with van der Waals surface area (Å²) in [5, 5.41) is 12.9. The van der Waals surface area contributed by atoms with Gasteiger partial charge >= 0.3 is 0 Å². The first kappa shape index (κ1) is 13.2. The summed E-state index contributed by atoms with van der Waals surface area (Å²) in [6, 6.07) is 0. The van der Waals surface area contributed by atoms with Crippen LogP contribution < -0.4 is 5.32 Å². The van der Waals surface area contributed by atoms with Crippen molar-refractivity contribution in [2.24, 2.45) is 0 Å². The number of aryl methyl sites for hydroxylation is 2. The number of nitrogens with one attached hydrogen (secondary N) is 1. The second kappa shape index (κ2) is 6.08. The molecule has 98 valence electrons. The Morgan fingerprint density at radius 1 is 1.33 bits per heavy atom. The zero-order valence-electron chi connectivity index (χ0n) is 10.6. The van der Waals surface area contributed by atoms with E-state index in [4.69, 9.17) is 9.84 Å². The van der Waals surface area contributed by atoms with Gasteiger partial charge in [-0.2, -0.15) is 0 Å². The summed E-state index contributed by atoms with van der Waals surface area (Å²) in [5.74, 6) is 0.856. The van der Waals surface area contributed by atoms with Crippen molar-refractivity contribution in [2.75, 3.05) is 31.7 Å². The minimum Gasteiger partial charge on any atom is -0.394 e. The number of aliphatic hydroxyl groups excluding tert-OH is 1. The van der Waals surface area contributed by atoms with E-state index in [0.717, 1.165) is 16.0 Å². The zero-order valence-corrected chi connectivity index (χ0v) is 11.4. The molecule has 6 heteroatoms. The van der Waals surface area contributed by atoms with Crippen LogP contribution in [0.4, 0.5) is 5.82 Å². The highest BCUT2D eigenvalue weighted by Crippen LogP contribution is 2.32. The normalized spacial score (nSPS) is 11.1. The SMILES string of the molecule is Cc1sc2ncnc(NCCOCCO)c2c1C. The predicted molar refractivity (Wildman–Crippen MR) is 73.3 cm³/mol. The first-order valence-electron chi connectivity index (χ1n) is 5.87. The van der Waals surface area contributed by atoms with Crippen molar-refractivity contribution in [3.8, 4) is 0 Å². The van der Waals surface area contributed by atoms with Crippen molar-refractivity contribution in [2.45, 2.75) is 13.8 Å². The van der Waals surface area contributed by atoms with Gasteiger partial charge < -0.3 is 15.2 Å². The van der Waals surface area contributed by atoms with Crippen molar-refractivity contribution in [1.29, 1.82) is 0 Å². The summed E-state index contributed by atoms with van der Waals surface area (Å²) in [4.78, 5) is 10.8. The van der Waals surface area contributed by atoms with Crippen molar-refractivity contribution >= 4 is 27.4 Å². The standard InChI is InChI=1S/C12H17N3O2S/c1-8-9(2)18-12-10(8)11(14-7-15-12)13-3-5-17-6-4-16/h7,16H,3-6H2,1-2H3,(H,13,14,15). The smallest absolute Gasteiger partial charge is 0.138 e. The molecule has 2 aromatic heterocycles. The van der Waals surface area contributed by atoms with Crippen LogP contribution in [0.1, 0.15) is 10.4 Å². The molecule has 0 bridgehead atoms. The molecule has 2 N–H and O–H groups in total. The number of hydrogen-bond acceptors (Lipinski definition) is 6. The van der Waals surface area contributed by atoms with Crippen LogP contribution in [0.25, 0.3) is 10.2 Å². The number of aliphatic hydroxyl groups is 1. The third-order valence-corrected chi connectivity index (χ3v) is 3.86. The molecule has 0 aliphatic rings. The summed E-state index contributed by atoms with van der Waals surface area (Å²) in [6.45, 7) is 5.83. The molecule has 2 aromatic rings. The lowest BCUT2D eigenvalue weighted by atomic mass is 10.2. The van der Waals surface area contributed by atoms with E-state index in [2.05, 4.69) is 29.1 Å². The maximum atomic E-state index is 8.60. The molecular formula is C12H17N3O2S. The van der Waals surface area contributed by atoms with Crippen LogP contribution in [-0.4, -0.2) is 41.4 Å². The molecule has 0 amide bonds. The van der Waals surface area contributed by atoms with Gasteiger partial charge in [0.1, 0.15) is 17.0 Å². The van der Waals surface area contributed by atoms with Crippen LogP contribution in [0, 0.1) is 13.8 Å². The zero-order chi connectivity index (χ0) is 13.0. The second-order valence-corrected chi connectivity index (χ2v) is 5.15. The number of ether oxygens (including phenoxy) is 1. The van der Waals surface area contributed by atoms with Gasteiger partial charge in [-0.25, -0.2) is 9.97 Å². The molecule has 0 aliphatic heterocycles. The summed E-state index contributed by atoms with van der Waals surface area (Å²) in [6.07, 6.45) is 1.58. The van der Waals surface area contributed by atoms with E-state index in [9.17, 15) is 0 Å². The number of aromatic nitrogens is 2. The number of nitrogens with zero attached hydrogens (tertiary/aromatic N) is 2. The molecule has 5 nitrogen and oxygen atoms in total. The van der Waals surface area contributed by atoms with Gasteiger partial charge in [0.05, 0.1) is 25.2 Å². The molecule has 2 rings (SSSR count). The molecule has 2 heterocycles. The topological polar surface area (TPSA) is 67.3 Å². The van der Waals surface area contributed by atoms with Crippen LogP contribution in [0.3, 0.4) is 0 Å². The fraction of sp³-hybridized carbons (Fsp3) is 0.500. The van der Waals surface area contributed by atoms with Crippen LogP contribution in [0.15, 0.2) is 6.33 Å². The van der Waals surface area contributed by atoms with Gasteiger partial charge in [-0.05, 0) is 19.4 Å². The Labute approximate surface area is 110 Å². The maximum absolute atomic E-state index is 8.60. The van der Waals surface area contributed by atoms with E-state index in [1.807, 2.05) is 0 Å². The van der Waals surface area contributed by atoms with Gasteiger partial charge in [0, 0.05) is 11.4 Å². The Hall–Kier alpha value is -1.24. The van der Waals surface area contributed by atoms with Crippen LogP contribution in [0.5, 0.6) is 0 Å². The Morgan fingerprint density at radius 2 is 2.17 bits per heavy atom. The van der Waals surface area contributed by atoms with Gasteiger partial charge in [-0.15, -0.1) is 11.3 Å². The number of thiophene rings is 1. The second-order valence-electron chi connectivity index (χ2n) is 3.95. The van der Waals surface area contributed by atoms with E-state index >= 15 is 0 Å². The average Bonchev–Trinajstić information content (AvgIpc) is 2.66. The van der Waals surface area contributed by atoms with Crippen molar-refractivity contribution in [3.63, 3.8) is 0 Å².